The van der Waals surface area contributed by atoms with Gasteiger partial charge < -0.3 is 11.5 Å². The van der Waals surface area contributed by atoms with Crippen molar-refractivity contribution in [3.8, 4) is 0 Å². The number of ketones is 2. The molecule has 7 nitrogen and oxygen atoms in total. The van der Waals surface area contributed by atoms with Crippen LogP contribution >= 0.6 is 0 Å². The highest BCUT2D eigenvalue weighted by atomic mass is 16.1. The van der Waals surface area contributed by atoms with E-state index < -0.39 is 11.9 Å². The number of carbonyl (C=O) groups is 3. The van der Waals surface area contributed by atoms with Crippen molar-refractivity contribution in [3.05, 3.63) is 41.7 Å². The van der Waals surface area contributed by atoms with Crippen LogP contribution in [0.4, 0.5) is 0 Å². The van der Waals surface area contributed by atoms with Crippen molar-refractivity contribution >= 4 is 34.1 Å². The van der Waals surface area contributed by atoms with Crippen molar-refractivity contribution in [1.82, 2.24) is 9.97 Å². The topological polar surface area (TPSA) is 129 Å². The highest BCUT2D eigenvalue weighted by molar-refractivity contribution is 6.26. The summed E-state index contributed by atoms with van der Waals surface area (Å²) < 4.78 is 0. The zero-order chi connectivity index (χ0) is 17.3. The van der Waals surface area contributed by atoms with Gasteiger partial charge in [0.2, 0.25) is 5.91 Å². The van der Waals surface area contributed by atoms with E-state index in [1.807, 2.05) is 0 Å². The molecule has 0 saturated heterocycles. The third kappa shape index (κ3) is 2.93. The van der Waals surface area contributed by atoms with Gasteiger partial charge in [-0.05, 0) is 18.6 Å². The lowest BCUT2D eigenvalue weighted by atomic mass is 9.91. The number of rotatable bonds is 5. The lowest BCUT2D eigenvalue weighted by molar-refractivity contribution is -0.118. The number of amides is 1. The number of hydrogen-bond donors (Lipinski definition) is 2. The molecule has 2 aromatic rings. The molecule has 1 aromatic carbocycles. The van der Waals surface area contributed by atoms with Gasteiger partial charge >= 0.3 is 0 Å². The number of nitrogens with two attached hydrogens (primary N) is 2. The third-order valence-corrected chi connectivity index (χ3v) is 3.89. The second-order valence-corrected chi connectivity index (χ2v) is 5.63. The van der Waals surface area contributed by atoms with Crippen molar-refractivity contribution < 1.29 is 14.4 Å². The van der Waals surface area contributed by atoms with Gasteiger partial charge in [-0.3, -0.25) is 14.4 Å². The number of para-hydroxylation sites is 2. The summed E-state index contributed by atoms with van der Waals surface area (Å²) in [5.74, 6) is -1.07. The molecule has 1 aromatic heterocycles. The Morgan fingerprint density at radius 2 is 1.75 bits per heavy atom. The first kappa shape index (κ1) is 15.9. The smallest absolute Gasteiger partial charge is 0.217 e. The minimum absolute atomic E-state index is 0.0232. The predicted octanol–water partition coefficient (Wildman–Crippen LogP) is 0.761. The summed E-state index contributed by atoms with van der Waals surface area (Å²) in [5.41, 5.74) is 12.9. The molecule has 24 heavy (non-hydrogen) atoms. The zero-order valence-corrected chi connectivity index (χ0v) is 12.9. The van der Waals surface area contributed by atoms with Gasteiger partial charge in [0, 0.05) is 18.4 Å². The normalized spacial score (nSPS) is 14.9. The second-order valence-electron chi connectivity index (χ2n) is 5.63. The summed E-state index contributed by atoms with van der Waals surface area (Å²) in [6.07, 6.45) is 1.77. The SMILES string of the molecule is NC(=O)CC[C@H](N)C(=O)C1=CCC(=O)c2nc3ccccc3nc21. The van der Waals surface area contributed by atoms with E-state index in [1.54, 1.807) is 24.3 Å². The number of benzene rings is 1. The monoisotopic (exact) mass is 324 g/mol. The highest BCUT2D eigenvalue weighted by Crippen LogP contribution is 2.27. The number of allylic oxidation sites excluding steroid dienone is 1. The average molecular weight is 324 g/mol. The number of Topliss-reactive ketones (excluding diaryl/α,β-unsaturated/α-hetero) is 2. The lowest BCUT2D eigenvalue weighted by Crippen LogP contribution is -2.34. The lowest BCUT2D eigenvalue weighted by Gasteiger charge is -2.18. The fourth-order valence-electron chi connectivity index (χ4n) is 2.62. The Hall–Kier alpha value is -2.93. The van der Waals surface area contributed by atoms with E-state index in [9.17, 15) is 14.4 Å². The summed E-state index contributed by atoms with van der Waals surface area (Å²) in [6, 6.07) is 6.25. The van der Waals surface area contributed by atoms with Crippen LogP contribution in [0.15, 0.2) is 30.3 Å². The molecule has 122 valence electrons. The maximum atomic E-state index is 12.6. The minimum atomic E-state index is -0.877. The average Bonchev–Trinajstić information content (AvgIpc) is 2.58. The molecule has 1 aliphatic carbocycles. The van der Waals surface area contributed by atoms with Gasteiger partial charge in [0.05, 0.1) is 17.1 Å². The van der Waals surface area contributed by atoms with Crippen molar-refractivity contribution in [2.24, 2.45) is 11.5 Å². The molecule has 4 N–H and O–H groups in total. The van der Waals surface area contributed by atoms with E-state index in [0.29, 0.717) is 11.0 Å². The summed E-state index contributed by atoms with van der Waals surface area (Å²) >= 11 is 0. The number of aromatic nitrogens is 2. The highest BCUT2D eigenvalue weighted by Gasteiger charge is 2.29. The molecular weight excluding hydrogens is 308 g/mol. The Bertz CT molecular complexity index is 889. The van der Waals surface area contributed by atoms with Crippen molar-refractivity contribution in [2.45, 2.75) is 25.3 Å². The largest absolute Gasteiger partial charge is 0.370 e. The van der Waals surface area contributed by atoms with E-state index in [4.69, 9.17) is 11.5 Å². The summed E-state index contributed by atoms with van der Waals surface area (Å²) in [4.78, 5) is 44.4. The molecule has 1 aliphatic rings. The minimum Gasteiger partial charge on any atom is -0.370 e. The van der Waals surface area contributed by atoms with Gasteiger partial charge in [0.1, 0.15) is 11.4 Å². The van der Waals surface area contributed by atoms with Gasteiger partial charge in [-0.2, -0.15) is 0 Å². The summed E-state index contributed by atoms with van der Waals surface area (Å²) in [5, 5.41) is 0. The van der Waals surface area contributed by atoms with Crippen molar-refractivity contribution in [1.29, 1.82) is 0 Å². The molecular formula is C17H16N4O3. The number of carbonyl (C=O) groups excluding carboxylic acids is 3. The van der Waals surface area contributed by atoms with E-state index in [0.717, 1.165) is 0 Å². The Morgan fingerprint density at radius 1 is 1.12 bits per heavy atom. The summed E-state index contributed by atoms with van der Waals surface area (Å²) in [6.45, 7) is 0. The Kier molecular flexibility index (Phi) is 4.18. The van der Waals surface area contributed by atoms with Gasteiger partial charge in [0.25, 0.3) is 0 Å². The molecule has 1 atom stereocenters. The van der Waals surface area contributed by atoms with Crippen LogP contribution in [0.5, 0.6) is 0 Å². The number of fused-ring (bicyclic) bond motifs is 2. The number of nitrogens with zero attached hydrogens (tertiary/aromatic N) is 2. The van der Waals surface area contributed by atoms with Crippen LogP contribution in [0.1, 0.15) is 35.4 Å². The first-order valence-corrected chi connectivity index (χ1v) is 7.56. The van der Waals surface area contributed by atoms with Gasteiger partial charge in [-0.15, -0.1) is 0 Å². The van der Waals surface area contributed by atoms with Gasteiger partial charge in [-0.25, -0.2) is 9.97 Å². The van der Waals surface area contributed by atoms with Crippen molar-refractivity contribution in [3.63, 3.8) is 0 Å². The molecule has 0 saturated carbocycles. The third-order valence-electron chi connectivity index (χ3n) is 3.89. The molecule has 0 bridgehead atoms. The van der Waals surface area contributed by atoms with Crippen LogP contribution in [0.25, 0.3) is 16.6 Å². The Morgan fingerprint density at radius 3 is 2.38 bits per heavy atom. The molecule has 0 radical (unpaired) electrons. The molecule has 1 heterocycles. The fourth-order valence-corrected chi connectivity index (χ4v) is 2.62. The predicted molar refractivity (Wildman–Crippen MR) is 87.9 cm³/mol. The first-order valence-electron chi connectivity index (χ1n) is 7.56. The van der Waals surface area contributed by atoms with E-state index in [1.165, 1.54) is 6.08 Å². The van der Waals surface area contributed by atoms with Crippen LogP contribution < -0.4 is 11.5 Å². The van der Waals surface area contributed by atoms with Crippen LogP contribution in [-0.2, 0) is 9.59 Å². The Balaban J connectivity index is 1.99. The molecule has 0 aliphatic heterocycles. The van der Waals surface area contributed by atoms with Crippen LogP contribution in [0, 0.1) is 0 Å². The molecule has 1 amide bonds. The van der Waals surface area contributed by atoms with Crippen LogP contribution in [0.2, 0.25) is 0 Å². The Labute approximate surface area is 137 Å². The van der Waals surface area contributed by atoms with Gasteiger partial charge in [0.15, 0.2) is 11.6 Å². The van der Waals surface area contributed by atoms with E-state index >= 15 is 0 Å². The maximum Gasteiger partial charge on any atom is 0.217 e. The maximum absolute atomic E-state index is 12.6. The zero-order valence-electron chi connectivity index (χ0n) is 12.9. The van der Waals surface area contributed by atoms with E-state index in [-0.39, 0.29) is 47.8 Å². The fraction of sp³-hybridized carbons (Fsp3) is 0.235. The quantitative estimate of drug-likeness (QED) is 0.835. The number of hydrogen-bond acceptors (Lipinski definition) is 6. The summed E-state index contributed by atoms with van der Waals surface area (Å²) in [7, 11) is 0. The van der Waals surface area contributed by atoms with E-state index in [2.05, 4.69) is 9.97 Å². The standard InChI is InChI=1S/C17H16N4O3/c18-10(6-8-14(19)23)17(24)9-5-7-13(22)16-15(9)20-11-3-1-2-4-12(11)21-16/h1-5,10H,6-8,18H2,(H2,19,23)/t10-/m0/s1. The molecule has 7 heteroatoms. The molecule has 3 rings (SSSR count). The van der Waals surface area contributed by atoms with Crippen LogP contribution in [-0.4, -0.2) is 33.5 Å². The van der Waals surface area contributed by atoms with Crippen LogP contribution in [0.3, 0.4) is 0 Å². The number of primary amides is 1. The first-order chi connectivity index (χ1) is 11.5. The van der Waals surface area contributed by atoms with Gasteiger partial charge in [-0.1, -0.05) is 18.2 Å². The van der Waals surface area contributed by atoms with Crippen molar-refractivity contribution in [2.75, 3.05) is 0 Å². The molecule has 0 unspecified atom stereocenters. The molecule has 0 spiro atoms. The molecule has 0 fully saturated rings. The second kappa shape index (κ2) is 6.29.